The van der Waals surface area contributed by atoms with Gasteiger partial charge in [0, 0.05) is 20.0 Å². The fourth-order valence-electron chi connectivity index (χ4n) is 4.64. The van der Waals surface area contributed by atoms with E-state index in [1.54, 1.807) is 13.2 Å². The van der Waals surface area contributed by atoms with E-state index in [2.05, 4.69) is 37.3 Å². The average Bonchev–Trinajstić information content (AvgIpc) is 2.81. The maximum atomic E-state index is 10.6. The topological polar surface area (TPSA) is 91.9 Å². The van der Waals surface area contributed by atoms with Crippen LogP contribution in [0.1, 0.15) is 66.8 Å². The van der Waals surface area contributed by atoms with Crippen LogP contribution in [-0.2, 0) is 28.1 Å². The van der Waals surface area contributed by atoms with Gasteiger partial charge >= 0.3 is 0 Å². The zero-order chi connectivity index (χ0) is 23.4. The Morgan fingerprint density at radius 3 is 2.48 bits per heavy atom. The van der Waals surface area contributed by atoms with E-state index in [0.29, 0.717) is 29.7 Å². The number of hydrogen-bond donors (Lipinski definition) is 2. The highest BCUT2D eigenvalue weighted by Crippen LogP contribution is 2.45. The number of ether oxygens (including phenoxy) is 3. The number of nitrogens with zero attached hydrogens (tertiary/aromatic N) is 1. The van der Waals surface area contributed by atoms with E-state index in [1.165, 1.54) is 5.56 Å². The number of aliphatic hydroxyl groups is 2. The molecule has 0 amide bonds. The van der Waals surface area contributed by atoms with Crippen LogP contribution in [0, 0.1) is 11.3 Å². The van der Waals surface area contributed by atoms with Crippen molar-refractivity contribution in [1.82, 2.24) is 0 Å². The van der Waals surface area contributed by atoms with Gasteiger partial charge in [0.2, 0.25) is 5.79 Å². The molecule has 0 radical (unpaired) electrons. The van der Waals surface area contributed by atoms with Crippen LogP contribution in [0.5, 0.6) is 5.75 Å². The van der Waals surface area contributed by atoms with Crippen molar-refractivity contribution in [3.8, 4) is 11.8 Å². The van der Waals surface area contributed by atoms with Gasteiger partial charge in [0.1, 0.15) is 5.75 Å². The van der Waals surface area contributed by atoms with Gasteiger partial charge in [-0.05, 0) is 60.9 Å². The van der Waals surface area contributed by atoms with Crippen LogP contribution < -0.4 is 4.74 Å². The van der Waals surface area contributed by atoms with Crippen LogP contribution in [0.25, 0.3) is 0 Å². The Morgan fingerprint density at radius 2 is 1.91 bits per heavy atom. The summed E-state index contributed by atoms with van der Waals surface area (Å²) in [5.74, 6) is -0.715. The first-order valence-electron chi connectivity index (χ1n) is 11.8. The Labute approximate surface area is 195 Å². The van der Waals surface area contributed by atoms with Gasteiger partial charge in [0.15, 0.2) is 0 Å². The van der Waals surface area contributed by atoms with Gasteiger partial charge in [-0.2, -0.15) is 5.26 Å². The Kier molecular flexibility index (Phi) is 7.35. The van der Waals surface area contributed by atoms with Crippen molar-refractivity contribution < 1.29 is 24.4 Å². The normalized spacial score (nSPS) is 25.3. The van der Waals surface area contributed by atoms with E-state index < -0.39 is 18.0 Å². The number of nitriles is 1. The molecule has 4 rings (SSSR count). The van der Waals surface area contributed by atoms with E-state index in [-0.39, 0.29) is 19.1 Å². The van der Waals surface area contributed by atoms with E-state index in [0.717, 1.165) is 36.8 Å². The zero-order valence-corrected chi connectivity index (χ0v) is 19.4. The quantitative estimate of drug-likeness (QED) is 0.631. The number of aryl methyl sites for hydroxylation is 1. The van der Waals surface area contributed by atoms with Crippen LogP contribution in [0.2, 0.25) is 0 Å². The molecule has 33 heavy (non-hydrogen) atoms. The fraction of sp³-hybridized carbons (Fsp3) is 0.519. The molecule has 2 aromatic carbocycles. The van der Waals surface area contributed by atoms with Crippen molar-refractivity contribution >= 4 is 0 Å². The predicted molar refractivity (Wildman–Crippen MR) is 124 cm³/mol. The molecule has 1 saturated heterocycles. The minimum absolute atomic E-state index is 0.0961. The Balaban J connectivity index is 1.78. The summed E-state index contributed by atoms with van der Waals surface area (Å²) in [6.07, 6.45) is 4.03. The van der Waals surface area contributed by atoms with Crippen LogP contribution in [-0.4, -0.2) is 42.2 Å². The van der Waals surface area contributed by atoms with Crippen LogP contribution in [0.15, 0.2) is 36.4 Å². The zero-order valence-electron chi connectivity index (χ0n) is 19.4. The highest BCUT2D eigenvalue weighted by Gasteiger charge is 2.45. The molecule has 6 nitrogen and oxygen atoms in total. The Morgan fingerprint density at radius 1 is 1.18 bits per heavy atom. The van der Waals surface area contributed by atoms with Crippen molar-refractivity contribution in [2.24, 2.45) is 0 Å². The molecule has 2 aliphatic rings. The molecule has 1 aliphatic heterocycles. The Bertz CT molecular complexity index is 995. The average molecular weight is 452 g/mol. The molecule has 1 heterocycles. The number of aliphatic hydroxyl groups excluding tert-OH is 2. The van der Waals surface area contributed by atoms with Crippen molar-refractivity contribution in [3.63, 3.8) is 0 Å². The van der Waals surface area contributed by atoms with Crippen LogP contribution in [0.4, 0.5) is 0 Å². The van der Waals surface area contributed by atoms with Crippen molar-refractivity contribution in [1.29, 1.82) is 5.26 Å². The van der Waals surface area contributed by atoms with Crippen molar-refractivity contribution in [3.05, 3.63) is 64.2 Å². The summed E-state index contributed by atoms with van der Waals surface area (Å²) in [6.45, 7) is 1.91. The van der Waals surface area contributed by atoms with Gasteiger partial charge in [0.05, 0.1) is 42.1 Å². The summed E-state index contributed by atoms with van der Waals surface area (Å²) in [5, 5.41) is 30.2. The van der Waals surface area contributed by atoms with Crippen LogP contribution >= 0.6 is 0 Å². The molecule has 2 aromatic rings. The second-order valence-corrected chi connectivity index (χ2v) is 9.11. The first-order chi connectivity index (χ1) is 16.0. The summed E-state index contributed by atoms with van der Waals surface area (Å²) in [5.41, 5.74) is 4.43. The predicted octanol–water partition coefficient (Wildman–Crippen LogP) is 3.97. The van der Waals surface area contributed by atoms with Gasteiger partial charge < -0.3 is 24.4 Å². The maximum absolute atomic E-state index is 10.6. The summed E-state index contributed by atoms with van der Waals surface area (Å²) < 4.78 is 18.4. The van der Waals surface area contributed by atoms with E-state index in [9.17, 15) is 15.5 Å². The van der Waals surface area contributed by atoms with Crippen molar-refractivity contribution in [2.75, 3.05) is 13.7 Å². The molecule has 1 aliphatic carbocycles. The minimum atomic E-state index is -1.26. The summed E-state index contributed by atoms with van der Waals surface area (Å²) >= 11 is 0. The molecule has 3 atom stereocenters. The molecule has 0 bridgehead atoms. The van der Waals surface area contributed by atoms with Gasteiger partial charge in [-0.1, -0.05) is 31.2 Å². The monoisotopic (exact) mass is 451 g/mol. The molecule has 176 valence electrons. The lowest BCUT2D eigenvalue weighted by atomic mass is 9.88. The molecule has 0 spiro atoms. The fourth-order valence-corrected chi connectivity index (χ4v) is 4.64. The Hall–Kier alpha value is -2.43. The number of benzene rings is 2. The van der Waals surface area contributed by atoms with Crippen LogP contribution in [0.3, 0.4) is 0 Å². The van der Waals surface area contributed by atoms with Gasteiger partial charge in [-0.3, -0.25) is 0 Å². The molecule has 3 unspecified atom stereocenters. The lowest BCUT2D eigenvalue weighted by molar-refractivity contribution is -0.299. The summed E-state index contributed by atoms with van der Waals surface area (Å²) in [6, 6.07) is 14.4. The SMILES string of the molecule is CCc1ccc(Cc2cc(C3(OC)CC(O)CC(CO)O3)c(OC3CCC3)cc2C#N)cc1. The standard InChI is InChI=1S/C27H33NO5/c1-3-18-7-9-19(10-8-18)11-20-12-25(26(13-21(20)16-28)32-23-5-4-6-23)27(31-2)15-22(30)14-24(17-29)33-27/h7-10,12-13,22-24,29-30H,3-6,11,14-15,17H2,1-2H3. The molecule has 0 aromatic heterocycles. The largest absolute Gasteiger partial charge is 0.490 e. The van der Waals surface area contributed by atoms with Gasteiger partial charge in [0.25, 0.3) is 0 Å². The highest BCUT2D eigenvalue weighted by molar-refractivity contribution is 5.51. The molecule has 6 heteroatoms. The lowest BCUT2D eigenvalue weighted by Gasteiger charge is -2.43. The molecular formula is C27H33NO5. The number of hydrogen-bond acceptors (Lipinski definition) is 6. The third kappa shape index (κ3) is 5.07. The third-order valence-electron chi connectivity index (χ3n) is 6.84. The van der Waals surface area contributed by atoms with Gasteiger partial charge in [-0.25, -0.2) is 0 Å². The smallest absolute Gasteiger partial charge is 0.201 e. The number of rotatable bonds is 8. The minimum Gasteiger partial charge on any atom is -0.490 e. The second kappa shape index (κ2) is 10.2. The first-order valence-corrected chi connectivity index (χ1v) is 11.8. The summed E-state index contributed by atoms with van der Waals surface area (Å²) in [4.78, 5) is 0. The lowest BCUT2D eigenvalue weighted by Crippen LogP contribution is -2.47. The van der Waals surface area contributed by atoms with Gasteiger partial charge in [-0.15, -0.1) is 0 Å². The first kappa shape index (κ1) is 23.7. The number of methoxy groups -OCH3 is 1. The highest BCUT2D eigenvalue weighted by atomic mass is 16.7. The molecule has 1 saturated carbocycles. The van der Waals surface area contributed by atoms with E-state index >= 15 is 0 Å². The molecule has 2 fully saturated rings. The maximum Gasteiger partial charge on any atom is 0.201 e. The van der Waals surface area contributed by atoms with Crippen molar-refractivity contribution in [2.45, 2.75) is 76.0 Å². The molecular weight excluding hydrogens is 418 g/mol. The molecule has 2 N–H and O–H groups in total. The van der Waals surface area contributed by atoms with E-state index in [1.807, 2.05) is 6.07 Å². The summed E-state index contributed by atoms with van der Waals surface area (Å²) in [7, 11) is 1.54. The third-order valence-corrected chi connectivity index (χ3v) is 6.84. The van der Waals surface area contributed by atoms with E-state index in [4.69, 9.17) is 14.2 Å². The second-order valence-electron chi connectivity index (χ2n) is 9.11.